The van der Waals surface area contributed by atoms with Crippen molar-refractivity contribution in [3.63, 3.8) is 0 Å². The van der Waals surface area contributed by atoms with E-state index in [9.17, 15) is 9.59 Å². The van der Waals surface area contributed by atoms with Crippen LogP contribution in [0.2, 0.25) is 0 Å². The van der Waals surface area contributed by atoms with Gasteiger partial charge in [0.25, 0.3) is 0 Å². The number of carbonyl (C=O) groups is 2. The fraction of sp³-hybridized carbons (Fsp3) is 0.818. The van der Waals surface area contributed by atoms with Crippen molar-refractivity contribution in [1.29, 1.82) is 0 Å². The normalized spacial score (nSPS) is 15.0. The van der Waals surface area contributed by atoms with Crippen molar-refractivity contribution in [2.24, 2.45) is 5.92 Å². The third-order valence-electron chi connectivity index (χ3n) is 2.58. The number of carboxylic acids is 1. The molecule has 0 heterocycles. The Kier molecular flexibility index (Phi) is 6.17. The molecule has 0 aliphatic rings. The molecule has 0 bridgehead atoms. The van der Waals surface area contributed by atoms with E-state index in [1.165, 1.54) is 0 Å². The van der Waals surface area contributed by atoms with Crippen molar-refractivity contribution in [3.8, 4) is 0 Å². The molecule has 0 radical (unpaired) electrons. The predicted molar refractivity (Wildman–Crippen MR) is 58.8 cm³/mol. The molecule has 0 rings (SSSR count). The first kappa shape index (κ1) is 14.1. The Morgan fingerprint density at radius 2 is 1.87 bits per heavy atom. The zero-order valence-corrected chi connectivity index (χ0v) is 9.99. The van der Waals surface area contributed by atoms with E-state index >= 15 is 0 Å². The van der Waals surface area contributed by atoms with Gasteiger partial charge in [0, 0.05) is 6.54 Å². The van der Waals surface area contributed by atoms with E-state index in [-0.39, 0.29) is 11.8 Å². The summed E-state index contributed by atoms with van der Waals surface area (Å²) in [7, 11) is 0. The first-order chi connectivity index (χ1) is 6.90. The lowest BCUT2D eigenvalue weighted by Crippen LogP contribution is -2.42. The molecule has 0 amide bonds. The third kappa shape index (κ3) is 4.93. The molecule has 0 fully saturated rings. The molecule has 0 saturated carbocycles. The average Bonchev–Trinajstić information content (AvgIpc) is 2.15. The van der Waals surface area contributed by atoms with Gasteiger partial charge in [0.2, 0.25) is 0 Å². The van der Waals surface area contributed by atoms with Crippen LogP contribution in [0.15, 0.2) is 0 Å². The summed E-state index contributed by atoms with van der Waals surface area (Å²) < 4.78 is 0. The Bertz CT molecular complexity index is 228. The smallest absolute Gasteiger partial charge is 0.307 e. The second-order valence-electron chi connectivity index (χ2n) is 4.02. The summed E-state index contributed by atoms with van der Waals surface area (Å²) in [6.45, 7) is 8.25. The van der Waals surface area contributed by atoms with Crippen molar-refractivity contribution in [1.82, 2.24) is 4.90 Å². The zero-order valence-electron chi connectivity index (χ0n) is 9.99. The number of carboxylic acid groups (broad SMARTS) is 1. The monoisotopic (exact) mass is 215 g/mol. The number of Topliss-reactive ketones (excluding diaryl/α,β-unsaturated/α-hetero) is 1. The molecule has 15 heavy (non-hydrogen) atoms. The van der Waals surface area contributed by atoms with Gasteiger partial charge in [-0.1, -0.05) is 13.8 Å². The minimum Gasteiger partial charge on any atom is -0.481 e. The fourth-order valence-corrected chi connectivity index (χ4v) is 1.42. The number of carbonyl (C=O) groups excluding carboxylic acids is 1. The molecule has 88 valence electrons. The number of hydrogen-bond donors (Lipinski definition) is 1. The van der Waals surface area contributed by atoms with Crippen molar-refractivity contribution in [3.05, 3.63) is 0 Å². The van der Waals surface area contributed by atoms with Crippen LogP contribution in [0.1, 0.15) is 34.1 Å². The Hall–Kier alpha value is -0.900. The van der Waals surface area contributed by atoms with Gasteiger partial charge in [-0.2, -0.15) is 0 Å². The fourth-order valence-electron chi connectivity index (χ4n) is 1.42. The lowest BCUT2D eigenvalue weighted by atomic mass is 10.1. The van der Waals surface area contributed by atoms with Crippen molar-refractivity contribution < 1.29 is 14.7 Å². The van der Waals surface area contributed by atoms with E-state index in [2.05, 4.69) is 0 Å². The molecule has 2 unspecified atom stereocenters. The molecule has 4 heteroatoms. The Balaban J connectivity index is 4.39. The van der Waals surface area contributed by atoms with E-state index < -0.39 is 11.9 Å². The lowest BCUT2D eigenvalue weighted by molar-refractivity contribution is -0.142. The molecule has 0 spiro atoms. The van der Waals surface area contributed by atoms with Gasteiger partial charge >= 0.3 is 5.97 Å². The van der Waals surface area contributed by atoms with Gasteiger partial charge in [-0.3, -0.25) is 14.5 Å². The maximum Gasteiger partial charge on any atom is 0.307 e. The zero-order chi connectivity index (χ0) is 12.0. The van der Waals surface area contributed by atoms with Crippen molar-refractivity contribution in [2.45, 2.75) is 40.2 Å². The largest absolute Gasteiger partial charge is 0.481 e. The summed E-state index contributed by atoms with van der Waals surface area (Å²) in [4.78, 5) is 23.9. The van der Waals surface area contributed by atoms with Crippen LogP contribution in [0.5, 0.6) is 0 Å². The van der Waals surface area contributed by atoms with E-state index in [0.29, 0.717) is 6.54 Å². The molecule has 0 aromatic heterocycles. The molecule has 0 aromatic carbocycles. The molecular formula is C11H21NO3. The van der Waals surface area contributed by atoms with Crippen molar-refractivity contribution >= 4 is 11.8 Å². The molecule has 4 nitrogen and oxygen atoms in total. The molecule has 0 aliphatic heterocycles. The number of ketones is 1. The molecular weight excluding hydrogens is 194 g/mol. The van der Waals surface area contributed by atoms with E-state index in [0.717, 1.165) is 13.0 Å². The summed E-state index contributed by atoms with van der Waals surface area (Å²) in [5.74, 6) is -1.16. The second-order valence-corrected chi connectivity index (χ2v) is 4.02. The van der Waals surface area contributed by atoms with Crippen LogP contribution < -0.4 is 0 Å². The van der Waals surface area contributed by atoms with Gasteiger partial charge in [0.1, 0.15) is 5.78 Å². The standard InChI is InChI=1S/C11H21NO3/c1-5-6-12(9(3)10(4)13)7-8(2)11(14)15/h8-9H,5-7H2,1-4H3,(H,14,15). The van der Waals surface area contributed by atoms with Crippen LogP contribution in [-0.2, 0) is 9.59 Å². The van der Waals surface area contributed by atoms with Gasteiger partial charge in [-0.15, -0.1) is 0 Å². The van der Waals surface area contributed by atoms with E-state index in [1.807, 2.05) is 18.7 Å². The quantitative estimate of drug-likeness (QED) is 0.697. The summed E-state index contributed by atoms with van der Waals surface area (Å²) in [6.07, 6.45) is 0.921. The van der Waals surface area contributed by atoms with Gasteiger partial charge < -0.3 is 5.11 Å². The number of hydrogen-bond acceptors (Lipinski definition) is 3. The van der Waals surface area contributed by atoms with E-state index in [4.69, 9.17) is 5.11 Å². The van der Waals surface area contributed by atoms with Gasteiger partial charge in [0.05, 0.1) is 12.0 Å². The van der Waals surface area contributed by atoms with Crippen molar-refractivity contribution in [2.75, 3.05) is 13.1 Å². The van der Waals surface area contributed by atoms with Crippen LogP contribution >= 0.6 is 0 Å². The summed E-state index contributed by atoms with van der Waals surface area (Å²) in [6, 6.07) is -0.188. The highest BCUT2D eigenvalue weighted by molar-refractivity contribution is 5.81. The van der Waals surface area contributed by atoms with Gasteiger partial charge in [-0.05, 0) is 26.8 Å². The minimum absolute atomic E-state index is 0.0843. The summed E-state index contributed by atoms with van der Waals surface area (Å²) in [5.41, 5.74) is 0. The molecule has 1 N–H and O–H groups in total. The maximum atomic E-state index is 11.2. The Labute approximate surface area is 91.3 Å². The molecule has 0 saturated heterocycles. The second kappa shape index (κ2) is 6.56. The molecule has 0 aromatic rings. The average molecular weight is 215 g/mol. The Morgan fingerprint density at radius 3 is 2.20 bits per heavy atom. The highest BCUT2D eigenvalue weighted by Crippen LogP contribution is 2.07. The molecule has 2 atom stereocenters. The summed E-state index contributed by atoms with van der Waals surface area (Å²) in [5, 5.41) is 8.81. The topological polar surface area (TPSA) is 57.6 Å². The lowest BCUT2D eigenvalue weighted by Gasteiger charge is -2.28. The van der Waals surface area contributed by atoms with Gasteiger partial charge in [-0.25, -0.2) is 0 Å². The van der Waals surface area contributed by atoms with Crippen LogP contribution in [-0.4, -0.2) is 40.9 Å². The number of nitrogens with zero attached hydrogens (tertiary/aromatic N) is 1. The highest BCUT2D eigenvalue weighted by Gasteiger charge is 2.22. The number of rotatable bonds is 7. The van der Waals surface area contributed by atoms with Gasteiger partial charge in [0.15, 0.2) is 0 Å². The van der Waals surface area contributed by atoms with E-state index in [1.54, 1.807) is 13.8 Å². The minimum atomic E-state index is -0.813. The summed E-state index contributed by atoms with van der Waals surface area (Å²) >= 11 is 0. The van der Waals surface area contributed by atoms with Crippen LogP contribution in [0.4, 0.5) is 0 Å². The molecule has 0 aliphatic carbocycles. The van der Waals surface area contributed by atoms with Crippen LogP contribution in [0.25, 0.3) is 0 Å². The Morgan fingerprint density at radius 1 is 1.33 bits per heavy atom. The van der Waals surface area contributed by atoms with Crippen LogP contribution in [0.3, 0.4) is 0 Å². The first-order valence-electron chi connectivity index (χ1n) is 5.37. The predicted octanol–water partition coefficient (Wildman–Crippen LogP) is 1.40. The first-order valence-corrected chi connectivity index (χ1v) is 5.37. The number of aliphatic carboxylic acids is 1. The maximum absolute atomic E-state index is 11.2. The van der Waals surface area contributed by atoms with Crippen LogP contribution in [0, 0.1) is 5.92 Å². The third-order valence-corrected chi connectivity index (χ3v) is 2.58. The highest BCUT2D eigenvalue weighted by atomic mass is 16.4. The SMILES string of the molecule is CCCN(CC(C)C(=O)O)C(C)C(C)=O.